The Labute approximate surface area is 147 Å². The SMILES string of the molecule is CCCN(C(=O)c1ccccc1NC(=O)c1cncc(O)c1)C(C)C. The third-order valence-corrected chi connectivity index (χ3v) is 3.74. The van der Waals surface area contributed by atoms with Crippen molar-refractivity contribution in [2.24, 2.45) is 0 Å². The van der Waals surface area contributed by atoms with Crippen LogP contribution in [0.5, 0.6) is 5.75 Å². The molecule has 0 aliphatic heterocycles. The van der Waals surface area contributed by atoms with Gasteiger partial charge in [-0.25, -0.2) is 0 Å². The average molecular weight is 341 g/mol. The quantitative estimate of drug-likeness (QED) is 0.844. The predicted molar refractivity (Wildman–Crippen MR) is 96.8 cm³/mol. The zero-order valence-electron chi connectivity index (χ0n) is 14.7. The summed E-state index contributed by atoms with van der Waals surface area (Å²) in [5, 5.41) is 12.2. The van der Waals surface area contributed by atoms with Crippen LogP contribution >= 0.6 is 0 Å². The first-order valence-corrected chi connectivity index (χ1v) is 8.29. The summed E-state index contributed by atoms with van der Waals surface area (Å²) in [6.07, 6.45) is 3.46. The lowest BCUT2D eigenvalue weighted by Crippen LogP contribution is -2.38. The summed E-state index contributed by atoms with van der Waals surface area (Å²) in [6.45, 7) is 6.60. The number of nitrogens with one attached hydrogen (secondary N) is 1. The first-order chi connectivity index (χ1) is 11.9. The minimum atomic E-state index is -0.435. The summed E-state index contributed by atoms with van der Waals surface area (Å²) in [4.78, 5) is 30.8. The van der Waals surface area contributed by atoms with Crippen LogP contribution in [0.2, 0.25) is 0 Å². The largest absolute Gasteiger partial charge is 0.506 e. The molecule has 0 fully saturated rings. The summed E-state index contributed by atoms with van der Waals surface area (Å²) < 4.78 is 0. The smallest absolute Gasteiger partial charge is 0.257 e. The van der Waals surface area contributed by atoms with E-state index in [2.05, 4.69) is 10.3 Å². The molecule has 132 valence electrons. The molecule has 0 saturated heterocycles. The predicted octanol–water partition coefficient (Wildman–Crippen LogP) is 3.30. The standard InChI is InChI=1S/C19H23N3O3/c1-4-9-22(13(2)3)19(25)16-7-5-6-8-17(16)21-18(24)14-10-15(23)12-20-11-14/h5-8,10-13,23H,4,9H2,1-3H3,(H,21,24). The molecule has 1 aromatic carbocycles. The molecule has 0 bridgehead atoms. The number of anilines is 1. The number of carbonyl (C=O) groups is 2. The van der Waals surface area contributed by atoms with E-state index in [1.807, 2.05) is 20.8 Å². The highest BCUT2D eigenvalue weighted by atomic mass is 16.3. The van der Waals surface area contributed by atoms with Crippen LogP contribution in [0, 0.1) is 0 Å². The fourth-order valence-corrected chi connectivity index (χ4v) is 2.51. The maximum Gasteiger partial charge on any atom is 0.257 e. The van der Waals surface area contributed by atoms with Crippen molar-refractivity contribution in [3.63, 3.8) is 0 Å². The van der Waals surface area contributed by atoms with Crippen LogP contribution in [-0.4, -0.2) is 39.4 Å². The van der Waals surface area contributed by atoms with E-state index in [9.17, 15) is 14.7 Å². The number of hydrogen-bond acceptors (Lipinski definition) is 4. The number of pyridine rings is 1. The van der Waals surface area contributed by atoms with Gasteiger partial charge in [0.05, 0.1) is 23.0 Å². The molecule has 0 spiro atoms. The maximum atomic E-state index is 12.9. The first-order valence-electron chi connectivity index (χ1n) is 8.29. The molecular weight excluding hydrogens is 318 g/mol. The van der Waals surface area contributed by atoms with Crippen molar-refractivity contribution in [3.05, 3.63) is 53.9 Å². The van der Waals surface area contributed by atoms with Crippen LogP contribution in [0.4, 0.5) is 5.69 Å². The van der Waals surface area contributed by atoms with Crippen molar-refractivity contribution in [3.8, 4) is 5.75 Å². The van der Waals surface area contributed by atoms with Gasteiger partial charge in [0.2, 0.25) is 0 Å². The van der Waals surface area contributed by atoms with Gasteiger partial charge in [-0.2, -0.15) is 0 Å². The second-order valence-electron chi connectivity index (χ2n) is 6.02. The van der Waals surface area contributed by atoms with E-state index in [1.165, 1.54) is 18.5 Å². The molecule has 0 aliphatic rings. The number of nitrogens with zero attached hydrogens (tertiary/aromatic N) is 2. The van der Waals surface area contributed by atoms with Gasteiger partial charge >= 0.3 is 0 Å². The van der Waals surface area contributed by atoms with E-state index in [1.54, 1.807) is 29.2 Å². The topological polar surface area (TPSA) is 82.5 Å². The Kier molecular flexibility index (Phi) is 6.11. The molecule has 1 heterocycles. The summed E-state index contributed by atoms with van der Waals surface area (Å²) in [5.41, 5.74) is 1.09. The normalized spacial score (nSPS) is 10.6. The third kappa shape index (κ3) is 4.56. The van der Waals surface area contributed by atoms with E-state index < -0.39 is 5.91 Å². The van der Waals surface area contributed by atoms with Crippen LogP contribution in [0.15, 0.2) is 42.7 Å². The molecule has 0 aliphatic carbocycles. The fourth-order valence-electron chi connectivity index (χ4n) is 2.51. The Morgan fingerprint density at radius 1 is 1.24 bits per heavy atom. The summed E-state index contributed by atoms with van der Waals surface area (Å²) in [5.74, 6) is -0.650. The lowest BCUT2D eigenvalue weighted by Gasteiger charge is -2.27. The van der Waals surface area contributed by atoms with Crippen molar-refractivity contribution in [1.29, 1.82) is 0 Å². The highest BCUT2D eigenvalue weighted by molar-refractivity contribution is 6.09. The van der Waals surface area contributed by atoms with Gasteiger partial charge in [0.15, 0.2) is 0 Å². The number of benzene rings is 1. The first kappa shape index (κ1) is 18.4. The van der Waals surface area contributed by atoms with Crippen molar-refractivity contribution < 1.29 is 14.7 Å². The number of aromatic nitrogens is 1. The maximum absolute atomic E-state index is 12.9. The molecule has 25 heavy (non-hydrogen) atoms. The molecular formula is C19H23N3O3. The molecule has 0 radical (unpaired) electrons. The van der Waals surface area contributed by atoms with Gasteiger partial charge in [-0.1, -0.05) is 19.1 Å². The van der Waals surface area contributed by atoms with Gasteiger partial charge < -0.3 is 15.3 Å². The second kappa shape index (κ2) is 8.28. The Bertz CT molecular complexity index is 759. The summed E-state index contributed by atoms with van der Waals surface area (Å²) >= 11 is 0. The van der Waals surface area contributed by atoms with Crippen molar-refractivity contribution in [2.75, 3.05) is 11.9 Å². The van der Waals surface area contributed by atoms with Crippen molar-refractivity contribution in [1.82, 2.24) is 9.88 Å². The van der Waals surface area contributed by atoms with E-state index in [4.69, 9.17) is 0 Å². The highest BCUT2D eigenvalue weighted by Crippen LogP contribution is 2.20. The zero-order chi connectivity index (χ0) is 18.4. The number of para-hydroxylation sites is 1. The monoisotopic (exact) mass is 341 g/mol. The Morgan fingerprint density at radius 2 is 1.96 bits per heavy atom. The second-order valence-corrected chi connectivity index (χ2v) is 6.02. The Balaban J connectivity index is 2.28. The molecule has 1 aromatic heterocycles. The summed E-state index contributed by atoms with van der Waals surface area (Å²) in [6, 6.07) is 8.29. The molecule has 2 rings (SSSR count). The number of amides is 2. The zero-order valence-corrected chi connectivity index (χ0v) is 14.7. The highest BCUT2D eigenvalue weighted by Gasteiger charge is 2.21. The minimum absolute atomic E-state index is 0.0616. The number of aromatic hydroxyl groups is 1. The van der Waals surface area contributed by atoms with Gasteiger partial charge in [0.25, 0.3) is 11.8 Å². The molecule has 0 atom stereocenters. The lowest BCUT2D eigenvalue weighted by molar-refractivity contribution is 0.0707. The van der Waals surface area contributed by atoms with Crippen LogP contribution in [0.25, 0.3) is 0 Å². The molecule has 0 unspecified atom stereocenters. The molecule has 0 saturated carbocycles. The van der Waals surface area contributed by atoms with Gasteiger partial charge in [-0.15, -0.1) is 0 Å². The van der Waals surface area contributed by atoms with Gasteiger partial charge in [0.1, 0.15) is 5.75 Å². The van der Waals surface area contributed by atoms with Crippen molar-refractivity contribution in [2.45, 2.75) is 33.2 Å². The number of carbonyl (C=O) groups excluding carboxylic acids is 2. The fraction of sp³-hybridized carbons (Fsp3) is 0.316. The molecule has 6 nitrogen and oxygen atoms in total. The van der Waals surface area contributed by atoms with Crippen LogP contribution in [-0.2, 0) is 0 Å². The third-order valence-electron chi connectivity index (χ3n) is 3.74. The van der Waals surface area contributed by atoms with Crippen molar-refractivity contribution >= 4 is 17.5 Å². The molecule has 6 heteroatoms. The van der Waals surface area contributed by atoms with E-state index in [0.717, 1.165) is 6.42 Å². The Hall–Kier alpha value is -2.89. The number of rotatable bonds is 6. The van der Waals surface area contributed by atoms with Crippen LogP contribution < -0.4 is 5.32 Å². The number of hydrogen-bond donors (Lipinski definition) is 2. The molecule has 2 N–H and O–H groups in total. The summed E-state index contributed by atoms with van der Waals surface area (Å²) in [7, 11) is 0. The lowest BCUT2D eigenvalue weighted by atomic mass is 10.1. The van der Waals surface area contributed by atoms with E-state index >= 15 is 0 Å². The average Bonchev–Trinajstić information content (AvgIpc) is 2.59. The molecule has 2 amide bonds. The molecule has 2 aromatic rings. The van der Waals surface area contributed by atoms with E-state index in [-0.39, 0.29) is 23.3 Å². The van der Waals surface area contributed by atoms with Gasteiger partial charge in [-0.3, -0.25) is 14.6 Å². The Morgan fingerprint density at radius 3 is 2.60 bits per heavy atom. The van der Waals surface area contributed by atoms with Gasteiger partial charge in [0, 0.05) is 18.8 Å². The van der Waals surface area contributed by atoms with Crippen LogP contribution in [0.1, 0.15) is 47.9 Å². The van der Waals surface area contributed by atoms with Gasteiger partial charge in [-0.05, 0) is 38.5 Å². The minimum Gasteiger partial charge on any atom is -0.506 e. The van der Waals surface area contributed by atoms with E-state index in [0.29, 0.717) is 17.8 Å². The van der Waals surface area contributed by atoms with Crippen LogP contribution in [0.3, 0.4) is 0 Å².